The van der Waals surface area contributed by atoms with Crippen molar-refractivity contribution in [3.8, 4) is 5.69 Å². The van der Waals surface area contributed by atoms with Crippen molar-refractivity contribution in [2.45, 2.75) is 24.7 Å². The predicted molar refractivity (Wildman–Crippen MR) is 66.7 cm³/mol. The number of aliphatic carboxylic acids is 1. The van der Waals surface area contributed by atoms with E-state index in [1.807, 2.05) is 0 Å². The molecule has 0 bridgehead atoms. The minimum atomic E-state index is -0.839. The Morgan fingerprint density at radius 2 is 2.26 bits per heavy atom. The van der Waals surface area contributed by atoms with Crippen LogP contribution in [0.3, 0.4) is 0 Å². The fraction of sp³-hybridized carbons (Fsp3) is 0.286. The minimum absolute atomic E-state index is 0.0631. The third-order valence-electron chi connectivity index (χ3n) is 3.65. The zero-order chi connectivity index (χ0) is 13.5. The summed E-state index contributed by atoms with van der Waals surface area (Å²) < 4.78 is 15.6. The van der Waals surface area contributed by atoms with Crippen molar-refractivity contribution in [2.75, 3.05) is 0 Å². The smallest absolute Gasteiger partial charge is 0.304 e. The Labute approximate surface area is 109 Å². The van der Waals surface area contributed by atoms with Gasteiger partial charge in [0.05, 0.1) is 6.42 Å². The van der Waals surface area contributed by atoms with Gasteiger partial charge in [0.2, 0.25) is 0 Å². The summed E-state index contributed by atoms with van der Waals surface area (Å²) in [4.78, 5) is 10.9. The molecule has 3 rings (SSSR count). The van der Waals surface area contributed by atoms with E-state index in [-0.39, 0.29) is 17.7 Å². The molecular formula is C14H13FN2O2. The maximum Gasteiger partial charge on any atom is 0.304 e. The lowest BCUT2D eigenvalue weighted by Gasteiger charge is -2.14. The first kappa shape index (κ1) is 11.9. The number of nitrogens with zero attached hydrogens (tertiary/aromatic N) is 2. The fourth-order valence-electron chi connectivity index (χ4n) is 2.44. The van der Waals surface area contributed by atoms with E-state index in [0.29, 0.717) is 5.69 Å². The average Bonchev–Trinajstić information content (AvgIpc) is 2.93. The van der Waals surface area contributed by atoms with Crippen LogP contribution in [0.4, 0.5) is 4.39 Å². The number of benzene rings is 1. The van der Waals surface area contributed by atoms with Crippen LogP contribution in [-0.2, 0) is 10.2 Å². The minimum Gasteiger partial charge on any atom is -0.481 e. The molecule has 5 heteroatoms. The molecule has 0 saturated heterocycles. The first-order valence-corrected chi connectivity index (χ1v) is 6.13. The molecule has 98 valence electrons. The van der Waals surface area contributed by atoms with E-state index in [0.717, 1.165) is 18.4 Å². The monoisotopic (exact) mass is 260 g/mol. The van der Waals surface area contributed by atoms with Crippen LogP contribution >= 0.6 is 0 Å². The van der Waals surface area contributed by atoms with Crippen molar-refractivity contribution in [1.29, 1.82) is 0 Å². The Balaban J connectivity index is 1.94. The van der Waals surface area contributed by atoms with E-state index in [4.69, 9.17) is 5.11 Å². The normalized spacial score (nSPS) is 16.3. The van der Waals surface area contributed by atoms with E-state index in [1.165, 1.54) is 10.7 Å². The summed E-state index contributed by atoms with van der Waals surface area (Å²) in [7, 11) is 0. The van der Waals surface area contributed by atoms with Gasteiger partial charge >= 0.3 is 5.97 Å². The van der Waals surface area contributed by atoms with Crippen LogP contribution in [0.5, 0.6) is 0 Å². The molecule has 0 unspecified atom stereocenters. The number of hydrogen-bond donors (Lipinski definition) is 1. The number of halogens is 1. The molecule has 19 heavy (non-hydrogen) atoms. The molecule has 0 radical (unpaired) electrons. The lowest BCUT2D eigenvalue weighted by atomic mass is 9.92. The number of rotatable bonds is 4. The van der Waals surface area contributed by atoms with E-state index in [1.54, 1.807) is 30.6 Å². The molecular weight excluding hydrogens is 247 g/mol. The summed E-state index contributed by atoms with van der Waals surface area (Å²) in [6.07, 6.45) is 4.93. The predicted octanol–water partition coefficient (Wildman–Crippen LogP) is 2.52. The van der Waals surface area contributed by atoms with Crippen LogP contribution in [-0.4, -0.2) is 20.9 Å². The van der Waals surface area contributed by atoms with Gasteiger partial charge in [-0.05, 0) is 36.6 Å². The van der Waals surface area contributed by atoms with Gasteiger partial charge in [-0.2, -0.15) is 5.10 Å². The van der Waals surface area contributed by atoms with Crippen molar-refractivity contribution in [3.63, 3.8) is 0 Å². The molecule has 1 aromatic carbocycles. The van der Waals surface area contributed by atoms with E-state index >= 15 is 0 Å². The topological polar surface area (TPSA) is 55.1 Å². The molecule has 1 aliphatic rings. The van der Waals surface area contributed by atoms with Crippen LogP contribution < -0.4 is 0 Å². The molecule has 0 spiro atoms. The summed E-state index contributed by atoms with van der Waals surface area (Å²) in [5, 5.41) is 12.9. The molecule has 1 aliphatic carbocycles. The number of hydrogen-bond acceptors (Lipinski definition) is 2. The SMILES string of the molecule is O=C(O)CC1(c2ccc(-n3cccn3)c(F)c2)CC1. The van der Waals surface area contributed by atoms with Crippen LogP contribution in [0.25, 0.3) is 5.69 Å². The van der Waals surface area contributed by atoms with Crippen molar-refractivity contribution in [1.82, 2.24) is 9.78 Å². The lowest BCUT2D eigenvalue weighted by Crippen LogP contribution is -2.13. The molecule has 1 saturated carbocycles. The summed E-state index contributed by atoms with van der Waals surface area (Å²) >= 11 is 0. The number of aromatic nitrogens is 2. The number of carbonyl (C=O) groups is 1. The van der Waals surface area contributed by atoms with Crippen molar-refractivity contribution >= 4 is 5.97 Å². The van der Waals surface area contributed by atoms with Gasteiger partial charge in [0.25, 0.3) is 0 Å². The van der Waals surface area contributed by atoms with E-state index < -0.39 is 5.97 Å². The Kier molecular flexibility index (Phi) is 2.62. The molecule has 1 N–H and O–H groups in total. The van der Waals surface area contributed by atoms with Gasteiger partial charge in [0.1, 0.15) is 11.5 Å². The van der Waals surface area contributed by atoms with Crippen molar-refractivity contribution in [2.24, 2.45) is 0 Å². The molecule has 0 atom stereocenters. The number of carboxylic acid groups (broad SMARTS) is 1. The molecule has 0 amide bonds. The summed E-state index contributed by atoms with van der Waals surface area (Å²) in [5.41, 5.74) is 0.776. The van der Waals surface area contributed by atoms with Gasteiger partial charge in [-0.15, -0.1) is 0 Å². The maximum atomic E-state index is 14.1. The standard InChI is InChI=1S/C14H13FN2O2/c15-11-8-10(14(4-5-14)9-13(18)19)2-3-12(11)17-7-1-6-16-17/h1-3,6-8H,4-5,9H2,(H,18,19). The largest absolute Gasteiger partial charge is 0.481 e. The van der Waals surface area contributed by atoms with Gasteiger partial charge < -0.3 is 5.11 Å². The van der Waals surface area contributed by atoms with Gasteiger partial charge in [-0.25, -0.2) is 9.07 Å². The van der Waals surface area contributed by atoms with E-state index in [2.05, 4.69) is 5.10 Å². The summed E-state index contributed by atoms with van der Waals surface area (Å²) in [5.74, 6) is -1.22. The lowest BCUT2D eigenvalue weighted by molar-refractivity contribution is -0.137. The zero-order valence-electron chi connectivity index (χ0n) is 10.2. The molecule has 4 nitrogen and oxygen atoms in total. The fourth-order valence-corrected chi connectivity index (χ4v) is 2.44. The van der Waals surface area contributed by atoms with E-state index in [9.17, 15) is 9.18 Å². The highest BCUT2D eigenvalue weighted by atomic mass is 19.1. The van der Waals surface area contributed by atoms with Crippen LogP contribution in [0.2, 0.25) is 0 Å². The molecule has 1 fully saturated rings. The highest BCUT2D eigenvalue weighted by molar-refractivity contribution is 5.70. The molecule has 1 heterocycles. The van der Waals surface area contributed by atoms with Gasteiger partial charge in [-0.1, -0.05) is 6.07 Å². The highest BCUT2D eigenvalue weighted by Gasteiger charge is 2.46. The third-order valence-corrected chi connectivity index (χ3v) is 3.65. The Morgan fingerprint density at radius 3 is 2.79 bits per heavy atom. The molecule has 1 aromatic heterocycles. The van der Waals surface area contributed by atoms with Crippen LogP contribution in [0, 0.1) is 5.82 Å². The first-order valence-electron chi connectivity index (χ1n) is 6.13. The Morgan fingerprint density at radius 1 is 1.47 bits per heavy atom. The quantitative estimate of drug-likeness (QED) is 0.919. The second kappa shape index (κ2) is 4.19. The zero-order valence-corrected chi connectivity index (χ0v) is 10.2. The van der Waals surface area contributed by atoms with Gasteiger partial charge in [0, 0.05) is 17.8 Å². The second-order valence-corrected chi connectivity index (χ2v) is 4.97. The Hall–Kier alpha value is -2.17. The van der Waals surface area contributed by atoms with Crippen LogP contribution in [0.15, 0.2) is 36.7 Å². The van der Waals surface area contributed by atoms with Crippen LogP contribution in [0.1, 0.15) is 24.8 Å². The highest BCUT2D eigenvalue weighted by Crippen LogP contribution is 2.51. The Bertz CT molecular complexity index is 618. The first-order chi connectivity index (χ1) is 9.11. The van der Waals surface area contributed by atoms with Crippen molar-refractivity contribution in [3.05, 3.63) is 48.0 Å². The average molecular weight is 260 g/mol. The third kappa shape index (κ3) is 2.12. The summed E-state index contributed by atoms with van der Waals surface area (Å²) in [6.45, 7) is 0. The number of carboxylic acids is 1. The second-order valence-electron chi connectivity index (χ2n) is 4.97. The van der Waals surface area contributed by atoms with Gasteiger partial charge in [0.15, 0.2) is 0 Å². The molecule has 0 aliphatic heterocycles. The summed E-state index contributed by atoms with van der Waals surface area (Å²) in [6, 6.07) is 6.61. The van der Waals surface area contributed by atoms with Crippen molar-refractivity contribution < 1.29 is 14.3 Å². The maximum absolute atomic E-state index is 14.1. The van der Waals surface area contributed by atoms with Gasteiger partial charge in [-0.3, -0.25) is 4.79 Å². The molecule has 2 aromatic rings.